The number of carbonyl (C=O) groups excluding carboxylic acids is 1. The van der Waals surface area contributed by atoms with E-state index in [1.165, 1.54) is 0 Å². The van der Waals surface area contributed by atoms with E-state index in [1.54, 1.807) is 23.1 Å². The van der Waals surface area contributed by atoms with Crippen molar-refractivity contribution in [1.82, 2.24) is 9.88 Å². The SMILES string of the molecule is Cc1nc(CSc2ccccc2C(=O)N2CC(CN)CC2C)cs1. The van der Waals surface area contributed by atoms with Gasteiger partial charge in [-0.2, -0.15) is 0 Å². The van der Waals surface area contributed by atoms with Crippen LogP contribution in [0.2, 0.25) is 0 Å². The van der Waals surface area contributed by atoms with Crippen LogP contribution in [0.25, 0.3) is 0 Å². The summed E-state index contributed by atoms with van der Waals surface area (Å²) < 4.78 is 0. The van der Waals surface area contributed by atoms with E-state index in [-0.39, 0.29) is 11.9 Å². The van der Waals surface area contributed by atoms with Gasteiger partial charge >= 0.3 is 0 Å². The molecule has 1 aromatic heterocycles. The zero-order valence-corrected chi connectivity index (χ0v) is 15.7. The molecule has 1 aromatic carbocycles. The molecule has 2 atom stereocenters. The highest BCUT2D eigenvalue weighted by Crippen LogP contribution is 2.30. The summed E-state index contributed by atoms with van der Waals surface area (Å²) in [4.78, 5) is 20.5. The van der Waals surface area contributed by atoms with Crippen LogP contribution in [0.3, 0.4) is 0 Å². The lowest BCUT2D eigenvalue weighted by molar-refractivity contribution is 0.0740. The molecule has 2 N–H and O–H groups in total. The van der Waals surface area contributed by atoms with E-state index in [9.17, 15) is 4.79 Å². The van der Waals surface area contributed by atoms with Gasteiger partial charge in [-0.25, -0.2) is 4.98 Å². The molecule has 0 saturated carbocycles. The molecule has 0 radical (unpaired) electrons. The van der Waals surface area contributed by atoms with Gasteiger partial charge in [-0.15, -0.1) is 23.1 Å². The number of benzene rings is 1. The number of thioether (sulfide) groups is 1. The maximum atomic E-state index is 13.0. The fraction of sp³-hybridized carbons (Fsp3) is 0.444. The summed E-state index contributed by atoms with van der Waals surface area (Å²) in [5.41, 5.74) is 7.66. The van der Waals surface area contributed by atoms with Gasteiger partial charge in [0.25, 0.3) is 5.91 Å². The fourth-order valence-electron chi connectivity index (χ4n) is 3.15. The molecule has 2 heterocycles. The van der Waals surface area contributed by atoms with Crippen molar-refractivity contribution in [1.29, 1.82) is 0 Å². The van der Waals surface area contributed by atoms with E-state index in [1.807, 2.05) is 36.1 Å². The number of likely N-dealkylation sites (tertiary alicyclic amines) is 1. The highest BCUT2D eigenvalue weighted by molar-refractivity contribution is 7.98. The smallest absolute Gasteiger partial charge is 0.255 e. The van der Waals surface area contributed by atoms with E-state index >= 15 is 0 Å². The van der Waals surface area contributed by atoms with Gasteiger partial charge in [0.15, 0.2) is 0 Å². The lowest BCUT2D eigenvalue weighted by Gasteiger charge is -2.22. The number of hydrogen-bond acceptors (Lipinski definition) is 5. The summed E-state index contributed by atoms with van der Waals surface area (Å²) in [6.45, 7) is 5.54. The Kier molecular flexibility index (Phi) is 5.58. The van der Waals surface area contributed by atoms with Crippen LogP contribution in [-0.2, 0) is 5.75 Å². The number of amides is 1. The molecule has 0 aliphatic carbocycles. The number of thiazole rings is 1. The molecule has 0 spiro atoms. The van der Waals surface area contributed by atoms with E-state index < -0.39 is 0 Å². The summed E-state index contributed by atoms with van der Waals surface area (Å²) in [5, 5.41) is 3.16. The second-order valence-electron chi connectivity index (χ2n) is 6.29. The zero-order chi connectivity index (χ0) is 17.1. The first kappa shape index (κ1) is 17.5. The molecule has 1 amide bonds. The molecule has 1 fully saturated rings. The Morgan fingerprint density at radius 2 is 2.25 bits per heavy atom. The summed E-state index contributed by atoms with van der Waals surface area (Å²) in [6.07, 6.45) is 0.996. The first-order chi connectivity index (χ1) is 11.6. The van der Waals surface area contributed by atoms with Crippen LogP contribution in [0.15, 0.2) is 34.5 Å². The van der Waals surface area contributed by atoms with Gasteiger partial charge in [-0.3, -0.25) is 4.79 Å². The number of nitrogens with zero attached hydrogens (tertiary/aromatic N) is 2. The second kappa shape index (κ2) is 7.68. The van der Waals surface area contributed by atoms with E-state index in [0.717, 1.165) is 39.9 Å². The third-order valence-electron chi connectivity index (χ3n) is 4.42. The number of carbonyl (C=O) groups is 1. The first-order valence-electron chi connectivity index (χ1n) is 8.22. The highest BCUT2D eigenvalue weighted by atomic mass is 32.2. The highest BCUT2D eigenvalue weighted by Gasteiger charge is 2.32. The van der Waals surface area contributed by atoms with Gasteiger partial charge in [0, 0.05) is 28.6 Å². The largest absolute Gasteiger partial charge is 0.336 e. The minimum Gasteiger partial charge on any atom is -0.336 e. The van der Waals surface area contributed by atoms with Crippen LogP contribution in [0.5, 0.6) is 0 Å². The van der Waals surface area contributed by atoms with Crippen LogP contribution >= 0.6 is 23.1 Å². The Hall–Kier alpha value is -1.37. The summed E-state index contributed by atoms with van der Waals surface area (Å²) in [6, 6.07) is 8.13. The number of hydrogen-bond donors (Lipinski definition) is 1. The fourth-order valence-corrected chi connectivity index (χ4v) is 4.80. The Labute approximate surface area is 151 Å². The minimum absolute atomic E-state index is 0.121. The van der Waals surface area contributed by atoms with E-state index in [4.69, 9.17) is 5.73 Å². The topological polar surface area (TPSA) is 59.2 Å². The average molecular weight is 362 g/mol. The zero-order valence-electron chi connectivity index (χ0n) is 14.1. The number of rotatable bonds is 5. The summed E-state index contributed by atoms with van der Waals surface area (Å²) in [5.74, 6) is 1.33. The van der Waals surface area contributed by atoms with Crippen LogP contribution in [0.1, 0.15) is 34.4 Å². The quantitative estimate of drug-likeness (QED) is 0.828. The van der Waals surface area contributed by atoms with Crippen LogP contribution in [0, 0.1) is 12.8 Å². The monoisotopic (exact) mass is 361 g/mol. The predicted octanol–water partition coefficient (Wildman–Crippen LogP) is 3.55. The van der Waals surface area contributed by atoms with Crippen LogP contribution in [0.4, 0.5) is 0 Å². The van der Waals surface area contributed by atoms with Crippen molar-refractivity contribution in [3.05, 3.63) is 45.9 Å². The standard InChI is InChI=1S/C18H23N3OS2/c1-12-7-14(8-19)9-21(12)18(22)16-5-3-4-6-17(16)24-11-15-10-23-13(2)20-15/h3-6,10,12,14H,7-9,11,19H2,1-2H3. The molecule has 24 heavy (non-hydrogen) atoms. The molecule has 1 saturated heterocycles. The number of aromatic nitrogens is 1. The Bertz CT molecular complexity index is 716. The molecular formula is C18H23N3OS2. The first-order valence-corrected chi connectivity index (χ1v) is 10.1. The van der Waals surface area contributed by atoms with Gasteiger partial charge in [0.05, 0.1) is 16.3 Å². The molecule has 2 unspecified atom stereocenters. The molecule has 4 nitrogen and oxygen atoms in total. The lowest BCUT2D eigenvalue weighted by atomic mass is 10.1. The van der Waals surface area contributed by atoms with Crippen molar-refractivity contribution >= 4 is 29.0 Å². The van der Waals surface area contributed by atoms with Crippen LogP contribution in [-0.4, -0.2) is 34.9 Å². The Balaban J connectivity index is 1.74. The van der Waals surface area contributed by atoms with Crippen molar-refractivity contribution in [3.8, 4) is 0 Å². The van der Waals surface area contributed by atoms with Gasteiger partial charge in [0.1, 0.15) is 0 Å². The van der Waals surface area contributed by atoms with Gasteiger partial charge in [0.2, 0.25) is 0 Å². The molecule has 128 valence electrons. The maximum Gasteiger partial charge on any atom is 0.255 e. The second-order valence-corrected chi connectivity index (χ2v) is 8.37. The summed E-state index contributed by atoms with van der Waals surface area (Å²) >= 11 is 3.34. The maximum absolute atomic E-state index is 13.0. The molecule has 1 aliphatic heterocycles. The summed E-state index contributed by atoms with van der Waals surface area (Å²) in [7, 11) is 0. The number of aryl methyl sites for hydroxylation is 1. The molecule has 3 rings (SSSR count). The molecule has 0 bridgehead atoms. The van der Waals surface area contributed by atoms with Crippen molar-refractivity contribution in [2.24, 2.45) is 11.7 Å². The average Bonchev–Trinajstić information content (AvgIpc) is 3.18. The van der Waals surface area contributed by atoms with Crippen LogP contribution < -0.4 is 5.73 Å². The van der Waals surface area contributed by atoms with Crippen molar-refractivity contribution in [3.63, 3.8) is 0 Å². The molecule has 2 aromatic rings. The van der Waals surface area contributed by atoms with Gasteiger partial charge in [-0.05, 0) is 44.9 Å². The third kappa shape index (κ3) is 3.82. The molecule has 1 aliphatic rings. The van der Waals surface area contributed by atoms with Gasteiger partial charge < -0.3 is 10.6 Å². The normalized spacial score (nSPS) is 20.5. The molecular weight excluding hydrogens is 338 g/mol. The predicted molar refractivity (Wildman–Crippen MR) is 101 cm³/mol. The van der Waals surface area contributed by atoms with Gasteiger partial charge in [-0.1, -0.05) is 12.1 Å². The minimum atomic E-state index is 0.121. The Morgan fingerprint density at radius 3 is 2.92 bits per heavy atom. The van der Waals surface area contributed by atoms with E-state index in [0.29, 0.717) is 12.5 Å². The third-order valence-corrected chi connectivity index (χ3v) is 6.34. The van der Waals surface area contributed by atoms with Crippen molar-refractivity contribution in [2.45, 2.75) is 37.0 Å². The Morgan fingerprint density at radius 1 is 1.46 bits per heavy atom. The molecule has 6 heteroatoms. The van der Waals surface area contributed by atoms with Crippen molar-refractivity contribution < 1.29 is 4.79 Å². The lowest BCUT2D eigenvalue weighted by Crippen LogP contribution is -2.34. The number of nitrogens with two attached hydrogens (primary N) is 1. The van der Waals surface area contributed by atoms with Crippen molar-refractivity contribution in [2.75, 3.05) is 13.1 Å². The van der Waals surface area contributed by atoms with E-state index in [2.05, 4.69) is 17.3 Å².